The normalized spacial score (nSPS) is 20.5. The molecule has 0 amide bonds. The summed E-state index contributed by atoms with van der Waals surface area (Å²) in [4.78, 5) is 0. The highest BCUT2D eigenvalue weighted by Crippen LogP contribution is 2.41. The number of benzene rings is 1. The van der Waals surface area contributed by atoms with E-state index in [9.17, 15) is 4.39 Å². The molecule has 1 fully saturated rings. The smallest absolute Gasteiger partial charge is 0.127 e. The molecule has 2 heteroatoms. The number of rotatable bonds is 3. The summed E-state index contributed by atoms with van der Waals surface area (Å²) in [6.45, 7) is 2.12. The van der Waals surface area contributed by atoms with Gasteiger partial charge in [0.05, 0.1) is 0 Å². The van der Waals surface area contributed by atoms with Crippen molar-refractivity contribution in [1.82, 2.24) is 0 Å². The van der Waals surface area contributed by atoms with Crippen molar-refractivity contribution in [3.63, 3.8) is 0 Å². The van der Waals surface area contributed by atoms with Crippen LogP contribution in [0.25, 0.3) is 0 Å². The van der Waals surface area contributed by atoms with E-state index in [0.29, 0.717) is 17.4 Å². The van der Waals surface area contributed by atoms with Crippen LogP contribution in [-0.4, -0.2) is 0 Å². The zero-order valence-electron chi connectivity index (χ0n) is 8.41. The van der Waals surface area contributed by atoms with Gasteiger partial charge in [-0.1, -0.05) is 25.1 Å². The van der Waals surface area contributed by atoms with Gasteiger partial charge in [0.2, 0.25) is 0 Å². The van der Waals surface area contributed by atoms with Crippen molar-refractivity contribution in [3.05, 3.63) is 35.6 Å². The lowest BCUT2D eigenvalue weighted by molar-refractivity contribution is 0.405. The summed E-state index contributed by atoms with van der Waals surface area (Å²) < 4.78 is 13.4. The van der Waals surface area contributed by atoms with Crippen molar-refractivity contribution >= 4 is 0 Å². The van der Waals surface area contributed by atoms with Gasteiger partial charge in [0.15, 0.2) is 0 Å². The Morgan fingerprint density at radius 3 is 2.57 bits per heavy atom. The first-order valence-electron chi connectivity index (χ1n) is 5.20. The molecule has 1 aliphatic carbocycles. The molecule has 0 heterocycles. The van der Waals surface area contributed by atoms with E-state index in [1.807, 2.05) is 6.07 Å². The van der Waals surface area contributed by atoms with Crippen LogP contribution in [0.4, 0.5) is 4.39 Å². The highest BCUT2D eigenvalue weighted by Gasteiger charge is 2.32. The van der Waals surface area contributed by atoms with Gasteiger partial charge < -0.3 is 5.73 Å². The Hall–Kier alpha value is -0.890. The first-order chi connectivity index (χ1) is 6.70. The van der Waals surface area contributed by atoms with Crippen molar-refractivity contribution in [2.45, 2.75) is 25.8 Å². The predicted molar refractivity (Wildman–Crippen MR) is 55.2 cm³/mol. The van der Waals surface area contributed by atoms with Crippen LogP contribution in [0.5, 0.6) is 0 Å². The van der Waals surface area contributed by atoms with Gasteiger partial charge in [-0.25, -0.2) is 4.39 Å². The zero-order valence-corrected chi connectivity index (χ0v) is 8.41. The Balaban J connectivity index is 2.17. The molecule has 2 N–H and O–H groups in total. The minimum Gasteiger partial charge on any atom is -0.324 e. The molecular weight excluding hydrogens is 177 g/mol. The number of halogens is 1. The van der Waals surface area contributed by atoms with Crippen molar-refractivity contribution in [1.29, 1.82) is 0 Å². The third kappa shape index (κ3) is 1.80. The van der Waals surface area contributed by atoms with E-state index in [2.05, 4.69) is 6.92 Å². The van der Waals surface area contributed by atoms with Crippen molar-refractivity contribution in [3.8, 4) is 0 Å². The monoisotopic (exact) mass is 193 g/mol. The van der Waals surface area contributed by atoms with Crippen molar-refractivity contribution < 1.29 is 4.39 Å². The summed E-state index contributed by atoms with van der Waals surface area (Å²) in [5.41, 5.74) is 6.70. The van der Waals surface area contributed by atoms with Crippen LogP contribution in [0, 0.1) is 17.7 Å². The fourth-order valence-corrected chi connectivity index (χ4v) is 1.94. The van der Waals surface area contributed by atoms with Gasteiger partial charge >= 0.3 is 0 Å². The second kappa shape index (κ2) is 3.70. The van der Waals surface area contributed by atoms with Crippen LogP contribution in [0.2, 0.25) is 0 Å². The first-order valence-corrected chi connectivity index (χ1v) is 5.20. The fraction of sp³-hybridized carbons (Fsp3) is 0.500. The maximum absolute atomic E-state index is 13.4. The lowest BCUT2D eigenvalue weighted by Gasteiger charge is -2.20. The Morgan fingerprint density at radius 2 is 2.00 bits per heavy atom. The second-order valence-electron chi connectivity index (χ2n) is 4.24. The SMILES string of the molecule is CC(C1CC1)C(N)c1ccccc1F. The molecule has 1 aromatic rings. The third-order valence-electron chi connectivity index (χ3n) is 3.20. The lowest BCUT2D eigenvalue weighted by atomic mass is 9.91. The topological polar surface area (TPSA) is 26.0 Å². The molecule has 0 spiro atoms. The maximum Gasteiger partial charge on any atom is 0.127 e. The standard InChI is InChI=1S/C12H16FN/c1-8(9-6-7-9)12(14)10-4-2-3-5-11(10)13/h2-5,8-9,12H,6-7,14H2,1H3. The van der Waals surface area contributed by atoms with Crippen LogP contribution in [0.3, 0.4) is 0 Å². The summed E-state index contributed by atoms with van der Waals surface area (Å²) in [7, 11) is 0. The molecule has 0 saturated heterocycles. The van der Waals surface area contributed by atoms with Crippen LogP contribution >= 0.6 is 0 Å². The molecule has 76 valence electrons. The molecule has 2 atom stereocenters. The molecule has 14 heavy (non-hydrogen) atoms. The van der Waals surface area contributed by atoms with Crippen molar-refractivity contribution in [2.24, 2.45) is 17.6 Å². The highest BCUT2D eigenvalue weighted by molar-refractivity contribution is 5.21. The zero-order chi connectivity index (χ0) is 10.1. The summed E-state index contributed by atoms with van der Waals surface area (Å²) in [5.74, 6) is 0.934. The number of hydrogen-bond donors (Lipinski definition) is 1. The summed E-state index contributed by atoms with van der Waals surface area (Å²) in [6, 6.07) is 6.67. The van der Waals surface area contributed by atoms with Gasteiger partial charge in [-0.15, -0.1) is 0 Å². The van der Waals surface area contributed by atoms with E-state index < -0.39 is 0 Å². The largest absolute Gasteiger partial charge is 0.324 e. The molecule has 1 aliphatic rings. The fourth-order valence-electron chi connectivity index (χ4n) is 1.94. The van der Waals surface area contributed by atoms with E-state index in [-0.39, 0.29) is 11.9 Å². The van der Waals surface area contributed by atoms with E-state index in [4.69, 9.17) is 5.73 Å². The molecule has 0 bridgehead atoms. The Kier molecular flexibility index (Phi) is 2.55. The molecular formula is C12H16FN. The van der Waals surface area contributed by atoms with Gasteiger partial charge in [0.1, 0.15) is 5.82 Å². The quantitative estimate of drug-likeness (QED) is 0.784. The Morgan fingerprint density at radius 1 is 1.36 bits per heavy atom. The van der Waals surface area contributed by atoms with E-state index in [0.717, 1.165) is 0 Å². The molecule has 0 radical (unpaired) electrons. The summed E-state index contributed by atoms with van der Waals surface area (Å²) >= 11 is 0. The molecule has 2 rings (SSSR count). The van der Waals surface area contributed by atoms with Gasteiger partial charge in [0, 0.05) is 11.6 Å². The minimum atomic E-state index is -0.174. The van der Waals surface area contributed by atoms with E-state index >= 15 is 0 Å². The van der Waals surface area contributed by atoms with Gasteiger partial charge in [-0.05, 0) is 30.7 Å². The predicted octanol–water partition coefficient (Wildman–Crippen LogP) is 2.87. The van der Waals surface area contributed by atoms with Crippen LogP contribution in [-0.2, 0) is 0 Å². The highest BCUT2D eigenvalue weighted by atomic mass is 19.1. The summed E-state index contributed by atoms with van der Waals surface area (Å²) in [5, 5.41) is 0. The molecule has 2 unspecified atom stereocenters. The molecule has 0 aliphatic heterocycles. The molecule has 1 nitrogen and oxygen atoms in total. The number of hydrogen-bond acceptors (Lipinski definition) is 1. The average molecular weight is 193 g/mol. The molecule has 1 aromatic carbocycles. The van der Waals surface area contributed by atoms with Crippen LogP contribution < -0.4 is 5.73 Å². The van der Waals surface area contributed by atoms with Crippen LogP contribution in [0.1, 0.15) is 31.4 Å². The molecule has 1 saturated carbocycles. The lowest BCUT2D eigenvalue weighted by Crippen LogP contribution is -2.21. The summed E-state index contributed by atoms with van der Waals surface area (Å²) in [6.07, 6.45) is 2.51. The minimum absolute atomic E-state index is 0.149. The van der Waals surface area contributed by atoms with E-state index in [1.165, 1.54) is 18.9 Å². The number of nitrogens with two attached hydrogens (primary N) is 1. The van der Waals surface area contributed by atoms with E-state index in [1.54, 1.807) is 12.1 Å². The molecule has 0 aromatic heterocycles. The van der Waals surface area contributed by atoms with Gasteiger partial charge in [-0.3, -0.25) is 0 Å². The Labute approximate surface area is 84.1 Å². The third-order valence-corrected chi connectivity index (χ3v) is 3.20. The van der Waals surface area contributed by atoms with Gasteiger partial charge in [0.25, 0.3) is 0 Å². The van der Waals surface area contributed by atoms with Gasteiger partial charge in [-0.2, -0.15) is 0 Å². The maximum atomic E-state index is 13.4. The average Bonchev–Trinajstić information content (AvgIpc) is 3.00. The first kappa shape index (κ1) is 9.66. The Bertz CT molecular complexity index is 320. The second-order valence-corrected chi connectivity index (χ2v) is 4.24. The van der Waals surface area contributed by atoms with Crippen molar-refractivity contribution in [2.75, 3.05) is 0 Å². The van der Waals surface area contributed by atoms with Crippen LogP contribution in [0.15, 0.2) is 24.3 Å².